The second kappa shape index (κ2) is 5.81. The predicted molar refractivity (Wildman–Crippen MR) is 57.1 cm³/mol. The highest BCUT2D eigenvalue weighted by Gasteiger charge is 2.05. The van der Waals surface area contributed by atoms with Crippen molar-refractivity contribution in [3.8, 4) is 0 Å². The lowest BCUT2D eigenvalue weighted by Crippen LogP contribution is -2.09. The van der Waals surface area contributed by atoms with Crippen LogP contribution in [0, 0.1) is 0 Å². The molecule has 1 unspecified atom stereocenters. The van der Waals surface area contributed by atoms with Crippen molar-refractivity contribution in [2.45, 2.75) is 45.1 Å². The van der Waals surface area contributed by atoms with E-state index in [0.29, 0.717) is 0 Å². The smallest absolute Gasteiger partial charge is 0.0544 e. The molecular formula is C11H20N2O. The molecule has 1 atom stereocenters. The molecule has 1 heterocycles. The Morgan fingerprint density at radius 3 is 2.86 bits per heavy atom. The molecule has 0 saturated heterocycles. The first-order chi connectivity index (χ1) is 6.74. The first-order valence-corrected chi connectivity index (χ1v) is 5.39. The van der Waals surface area contributed by atoms with Crippen LogP contribution >= 0.6 is 0 Å². The average Bonchev–Trinajstić information content (AvgIpc) is 2.58. The van der Waals surface area contributed by atoms with E-state index in [1.54, 1.807) is 6.20 Å². The van der Waals surface area contributed by atoms with Gasteiger partial charge in [-0.05, 0) is 25.3 Å². The third-order valence-electron chi connectivity index (χ3n) is 2.55. The first-order valence-electron chi connectivity index (χ1n) is 5.39. The van der Waals surface area contributed by atoms with Crippen LogP contribution in [-0.4, -0.2) is 21.0 Å². The fourth-order valence-electron chi connectivity index (χ4n) is 1.55. The van der Waals surface area contributed by atoms with Crippen molar-refractivity contribution < 1.29 is 5.11 Å². The summed E-state index contributed by atoms with van der Waals surface area (Å²) in [6.45, 7) is 2.15. The van der Waals surface area contributed by atoms with Crippen LogP contribution in [0.15, 0.2) is 12.3 Å². The number of nitrogens with zero attached hydrogens (tertiary/aromatic N) is 2. The van der Waals surface area contributed by atoms with Crippen molar-refractivity contribution >= 4 is 0 Å². The molecule has 0 bridgehead atoms. The summed E-state index contributed by atoms with van der Waals surface area (Å²) in [5.41, 5.74) is 1.19. The van der Waals surface area contributed by atoms with E-state index in [2.05, 4.69) is 12.0 Å². The Kier molecular flexibility index (Phi) is 4.66. The SMILES string of the molecule is CCCCC(O)CCc1ccnn1C. The molecule has 14 heavy (non-hydrogen) atoms. The van der Waals surface area contributed by atoms with Crippen molar-refractivity contribution in [2.24, 2.45) is 7.05 Å². The number of aliphatic hydroxyl groups is 1. The molecule has 80 valence electrons. The fraction of sp³-hybridized carbons (Fsp3) is 0.727. The van der Waals surface area contributed by atoms with Crippen molar-refractivity contribution in [3.05, 3.63) is 18.0 Å². The molecule has 1 N–H and O–H groups in total. The van der Waals surface area contributed by atoms with Gasteiger partial charge in [-0.15, -0.1) is 0 Å². The van der Waals surface area contributed by atoms with E-state index in [-0.39, 0.29) is 6.10 Å². The highest BCUT2D eigenvalue weighted by Crippen LogP contribution is 2.08. The van der Waals surface area contributed by atoms with Gasteiger partial charge >= 0.3 is 0 Å². The normalized spacial score (nSPS) is 13.1. The van der Waals surface area contributed by atoms with Gasteiger partial charge in [0.1, 0.15) is 0 Å². The summed E-state index contributed by atoms with van der Waals surface area (Å²) in [5.74, 6) is 0. The average molecular weight is 196 g/mol. The zero-order valence-electron chi connectivity index (χ0n) is 9.11. The second-order valence-electron chi connectivity index (χ2n) is 3.78. The van der Waals surface area contributed by atoms with E-state index in [0.717, 1.165) is 32.1 Å². The Bertz CT molecular complexity index is 258. The number of unbranched alkanes of at least 4 members (excludes halogenated alkanes) is 1. The molecule has 0 aliphatic carbocycles. The van der Waals surface area contributed by atoms with E-state index in [1.165, 1.54) is 5.69 Å². The molecule has 0 aromatic carbocycles. The monoisotopic (exact) mass is 196 g/mol. The minimum atomic E-state index is -0.148. The molecule has 1 rings (SSSR count). The Labute approximate surface area is 85.8 Å². The minimum absolute atomic E-state index is 0.148. The van der Waals surface area contributed by atoms with Crippen LogP contribution in [-0.2, 0) is 13.5 Å². The summed E-state index contributed by atoms with van der Waals surface area (Å²) in [5, 5.41) is 13.7. The zero-order valence-corrected chi connectivity index (χ0v) is 9.11. The van der Waals surface area contributed by atoms with Crippen LogP contribution < -0.4 is 0 Å². The molecule has 0 saturated carbocycles. The van der Waals surface area contributed by atoms with Crippen molar-refractivity contribution in [1.29, 1.82) is 0 Å². The predicted octanol–water partition coefficient (Wildman–Crippen LogP) is 1.90. The highest BCUT2D eigenvalue weighted by molar-refractivity contribution is 4.99. The first kappa shape index (κ1) is 11.2. The summed E-state index contributed by atoms with van der Waals surface area (Å²) in [4.78, 5) is 0. The number of hydrogen-bond acceptors (Lipinski definition) is 2. The Morgan fingerprint density at radius 2 is 2.29 bits per heavy atom. The van der Waals surface area contributed by atoms with E-state index in [9.17, 15) is 5.11 Å². The molecule has 1 aromatic rings. The van der Waals surface area contributed by atoms with Crippen molar-refractivity contribution in [2.75, 3.05) is 0 Å². The van der Waals surface area contributed by atoms with Crippen molar-refractivity contribution in [3.63, 3.8) is 0 Å². The van der Waals surface area contributed by atoms with Crippen LogP contribution in [0.4, 0.5) is 0 Å². The van der Waals surface area contributed by atoms with Gasteiger partial charge in [0.2, 0.25) is 0 Å². The number of rotatable bonds is 6. The molecule has 0 amide bonds. The summed E-state index contributed by atoms with van der Waals surface area (Å²) in [7, 11) is 1.94. The van der Waals surface area contributed by atoms with Gasteiger partial charge in [0.25, 0.3) is 0 Å². The third-order valence-corrected chi connectivity index (χ3v) is 2.55. The summed E-state index contributed by atoms with van der Waals surface area (Å²) in [6, 6.07) is 2.01. The number of hydrogen-bond donors (Lipinski definition) is 1. The van der Waals surface area contributed by atoms with Crippen LogP contribution in [0.2, 0.25) is 0 Å². The third kappa shape index (κ3) is 3.50. The van der Waals surface area contributed by atoms with Gasteiger partial charge in [0.15, 0.2) is 0 Å². The van der Waals surface area contributed by atoms with Crippen LogP contribution in [0.1, 0.15) is 38.3 Å². The molecule has 0 aliphatic heterocycles. The maximum absolute atomic E-state index is 9.64. The lowest BCUT2D eigenvalue weighted by atomic mass is 10.1. The van der Waals surface area contributed by atoms with E-state index in [1.807, 2.05) is 17.8 Å². The zero-order chi connectivity index (χ0) is 10.4. The Hall–Kier alpha value is -0.830. The van der Waals surface area contributed by atoms with E-state index in [4.69, 9.17) is 0 Å². The molecule has 0 spiro atoms. The molecule has 3 heteroatoms. The van der Waals surface area contributed by atoms with Crippen LogP contribution in [0.5, 0.6) is 0 Å². The van der Waals surface area contributed by atoms with Gasteiger partial charge in [0, 0.05) is 18.9 Å². The van der Waals surface area contributed by atoms with Gasteiger partial charge in [0.05, 0.1) is 6.10 Å². The molecular weight excluding hydrogens is 176 g/mol. The number of aryl methyl sites for hydroxylation is 2. The van der Waals surface area contributed by atoms with E-state index < -0.39 is 0 Å². The van der Waals surface area contributed by atoms with E-state index >= 15 is 0 Å². The van der Waals surface area contributed by atoms with Crippen LogP contribution in [0.25, 0.3) is 0 Å². The molecule has 0 aliphatic rings. The van der Waals surface area contributed by atoms with Gasteiger partial charge in [-0.2, -0.15) is 5.10 Å². The standard InChI is InChI=1S/C11H20N2O/c1-3-4-5-11(14)7-6-10-8-9-12-13(10)2/h8-9,11,14H,3-7H2,1-2H3. The quantitative estimate of drug-likeness (QED) is 0.754. The minimum Gasteiger partial charge on any atom is -0.393 e. The molecule has 3 nitrogen and oxygen atoms in total. The van der Waals surface area contributed by atoms with Crippen molar-refractivity contribution in [1.82, 2.24) is 9.78 Å². The maximum Gasteiger partial charge on any atom is 0.0544 e. The van der Waals surface area contributed by atoms with Gasteiger partial charge < -0.3 is 5.11 Å². The summed E-state index contributed by atoms with van der Waals surface area (Å²) >= 11 is 0. The second-order valence-corrected chi connectivity index (χ2v) is 3.78. The molecule has 0 fully saturated rings. The Morgan fingerprint density at radius 1 is 1.50 bits per heavy atom. The number of aromatic nitrogens is 2. The molecule has 1 aromatic heterocycles. The topological polar surface area (TPSA) is 38.1 Å². The van der Waals surface area contributed by atoms with Gasteiger partial charge in [-0.1, -0.05) is 19.8 Å². The van der Waals surface area contributed by atoms with Crippen LogP contribution in [0.3, 0.4) is 0 Å². The number of aliphatic hydroxyl groups excluding tert-OH is 1. The summed E-state index contributed by atoms with van der Waals surface area (Å²) < 4.78 is 1.87. The lowest BCUT2D eigenvalue weighted by molar-refractivity contribution is 0.151. The molecule has 0 radical (unpaired) electrons. The van der Waals surface area contributed by atoms with Gasteiger partial charge in [-0.25, -0.2) is 0 Å². The fourth-order valence-corrected chi connectivity index (χ4v) is 1.55. The largest absolute Gasteiger partial charge is 0.393 e. The lowest BCUT2D eigenvalue weighted by Gasteiger charge is -2.09. The highest BCUT2D eigenvalue weighted by atomic mass is 16.3. The maximum atomic E-state index is 9.64. The summed E-state index contributed by atoms with van der Waals surface area (Å²) in [6.07, 6.45) is 6.61. The van der Waals surface area contributed by atoms with Gasteiger partial charge in [-0.3, -0.25) is 4.68 Å². The Balaban J connectivity index is 2.23.